The number of nitrogens with zero attached hydrogens (tertiary/aromatic N) is 1. The number of nitrogens with two attached hydrogens (primary N) is 1. The Morgan fingerprint density at radius 1 is 1.33 bits per heavy atom. The fourth-order valence-corrected chi connectivity index (χ4v) is 2.69. The third kappa shape index (κ3) is 1.42. The lowest BCUT2D eigenvalue weighted by molar-refractivity contribution is 0.466. The summed E-state index contributed by atoms with van der Waals surface area (Å²) in [6.07, 6.45) is 3.98. The molecule has 2 heterocycles. The van der Waals surface area contributed by atoms with Crippen molar-refractivity contribution in [1.29, 1.82) is 0 Å². The molecule has 80 valence electrons. The molecule has 1 fully saturated rings. The molecule has 0 aliphatic carbocycles. The second-order valence-electron chi connectivity index (χ2n) is 4.50. The van der Waals surface area contributed by atoms with Crippen LogP contribution in [0.3, 0.4) is 0 Å². The van der Waals surface area contributed by atoms with E-state index in [1.807, 2.05) is 6.07 Å². The minimum Gasteiger partial charge on any atom is -0.399 e. The number of nitrogens with one attached hydrogen (secondary N) is 1. The molecule has 1 atom stereocenters. The van der Waals surface area contributed by atoms with Gasteiger partial charge in [-0.3, -0.25) is 0 Å². The van der Waals surface area contributed by atoms with E-state index >= 15 is 0 Å². The summed E-state index contributed by atoms with van der Waals surface area (Å²) in [5, 5.41) is 3.49. The molecule has 0 saturated carbocycles. The second kappa shape index (κ2) is 3.33. The van der Waals surface area contributed by atoms with Gasteiger partial charge in [0.1, 0.15) is 0 Å². The van der Waals surface area contributed by atoms with E-state index in [4.69, 9.17) is 5.73 Å². The Kier molecular flexibility index (Phi) is 1.97. The van der Waals surface area contributed by atoms with Gasteiger partial charge < -0.3 is 16.0 Å². The van der Waals surface area contributed by atoms with E-state index < -0.39 is 0 Å². The summed E-state index contributed by atoms with van der Waals surface area (Å²) in [7, 11) is 0. The van der Waals surface area contributed by atoms with Crippen molar-refractivity contribution in [2.24, 2.45) is 0 Å². The Morgan fingerprint density at radius 2 is 2.27 bits per heavy atom. The number of rotatable bonds is 0. The number of anilines is 3. The Labute approximate surface area is 90.3 Å². The standard InChI is InChI=1S/C12H17N3/c13-9-4-5-11-12(7-9)15-6-2-1-3-10(15)8-14-11/h4-5,7,10,14H,1-3,6,8,13H2. The number of fused-ring (bicyclic) bond motifs is 3. The lowest BCUT2D eigenvalue weighted by Gasteiger charge is -2.42. The molecule has 0 spiro atoms. The highest BCUT2D eigenvalue weighted by Gasteiger charge is 2.27. The van der Waals surface area contributed by atoms with E-state index in [0.29, 0.717) is 6.04 Å². The fourth-order valence-electron chi connectivity index (χ4n) is 2.69. The summed E-state index contributed by atoms with van der Waals surface area (Å²) in [6, 6.07) is 6.83. The Morgan fingerprint density at radius 3 is 3.20 bits per heavy atom. The molecule has 0 radical (unpaired) electrons. The molecule has 3 rings (SSSR count). The molecule has 0 aromatic heterocycles. The van der Waals surface area contributed by atoms with Gasteiger partial charge in [-0.25, -0.2) is 0 Å². The van der Waals surface area contributed by atoms with Gasteiger partial charge in [0.2, 0.25) is 0 Å². The zero-order valence-electron chi connectivity index (χ0n) is 8.87. The third-order valence-corrected chi connectivity index (χ3v) is 3.49. The van der Waals surface area contributed by atoms with Crippen LogP contribution in [0.25, 0.3) is 0 Å². The molecule has 3 heteroatoms. The number of nitrogen functional groups attached to an aromatic ring is 1. The molecule has 3 nitrogen and oxygen atoms in total. The van der Waals surface area contributed by atoms with E-state index in [1.165, 1.54) is 37.2 Å². The maximum absolute atomic E-state index is 5.85. The van der Waals surface area contributed by atoms with Crippen molar-refractivity contribution in [2.45, 2.75) is 25.3 Å². The molecule has 1 unspecified atom stereocenters. The van der Waals surface area contributed by atoms with Crippen molar-refractivity contribution < 1.29 is 0 Å². The van der Waals surface area contributed by atoms with Crippen LogP contribution in [0.4, 0.5) is 17.1 Å². The summed E-state index contributed by atoms with van der Waals surface area (Å²) in [5.74, 6) is 0. The highest BCUT2D eigenvalue weighted by molar-refractivity contribution is 5.76. The lowest BCUT2D eigenvalue weighted by Crippen LogP contribution is -2.46. The molecule has 15 heavy (non-hydrogen) atoms. The van der Waals surface area contributed by atoms with Crippen LogP contribution in [0.5, 0.6) is 0 Å². The maximum atomic E-state index is 5.85. The molecule has 3 N–H and O–H groups in total. The van der Waals surface area contributed by atoms with Crippen LogP contribution < -0.4 is 16.0 Å². The first-order valence-corrected chi connectivity index (χ1v) is 5.74. The minimum atomic E-state index is 0.674. The number of hydrogen-bond donors (Lipinski definition) is 2. The highest BCUT2D eigenvalue weighted by Crippen LogP contribution is 2.36. The minimum absolute atomic E-state index is 0.674. The molecule has 2 aliphatic rings. The topological polar surface area (TPSA) is 41.3 Å². The summed E-state index contributed by atoms with van der Waals surface area (Å²) < 4.78 is 0. The number of hydrogen-bond acceptors (Lipinski definition) is 3. The van der Waals surface area contributed by atoms with Crippen molar-refractivity contribution >= 4 is 17.1 Å². The summed E-state index contributed by atoms with van der Waals surface area (Å²) in [4.78, 5) is 2.52. The molecule has 0 bridgehead atoms. The van der Waals surface area contributed by atoms with Crippen LogP contribution in [0, 0.1) is 0 Å². The van der Waals surface area contributed by atoms with Gasteiger partial charge in [-0.1, -0.05) is 0 Å². The monoisotopic (exact) mass is 203 g/mol. The van der Waals surface area contributed by atoms with E-state index in [-0.39, 0.29) is 0 Å². The Bertz CT molecular complexity index is 375. The van der Waals surface area contributed by atoms with Crippen molar-refractivity contribution in [3.63, 3.8) is 0 Å². The first-order chi connectivity index (χ1) is 7.34. The molecule has 1 saturated heterocycles. The molecule has 2 aliphatic heterocycles. The average Bonchev–Trinajstić information content (AvgIpc) is 2.29. The average molecular weight is 203 g/mol. The van der Waals surface area contributed by atoms with Crippen LogP contribution in [0.15, 0.2) is 18.2 Å². The highest BCUT2D eigenvalue weighted by atomic mass is 15.2. The predicted molar refractivity (Wildman–Crippen MR) is 64.3 cm³/mol. The lowest BCUT2D eigenvalue weighted by atomic mass is 9.98. The first-order valence-electron chi connectivity index (χ1n) is 5.74. The van der Waals surface area contributed by atoms with Crippen LogP contribution >= 0.6 is 0 Å². The van der Waals surface area contributed by atoms with Gasteiger partial charge >= 0.3 is 0 Å². The van der Waals surface area contributed by atoms with Crippen LogP contribution in [-0.2, 0) is 0 Å². The molecule has 1 aromatic carbocycles. The predicted octanol–water partition coefficient (Wildman–Crippen LogP) is 2.05. The van der Waals surface area contributed by atoms with Gasteiger partial charge in [0.15, 0.2) is 0 Å². The van der Waals surface area contributed by atoms with Gasteiger partial charge in [-0.15, -0.1) is 0 Å². The smallest absolute Gasteiger partial charge is 0.0625 e. The SMILES string of the molecule is Nc1ccc2c(c1)N1CCCCC1CN2. The summed E-state index contributed by atoms with van der Waals surface area (Å²) in [6.45, 7) is 2.26. The van der Waals surface area contributed by atoms with Crippen molar-refractivity contribution in [3.05, 3.63) is 18.2 Å². The van der Waals surface area contributed by atoms with Gasteiger partial charge in [-0.05, 0) is 37.5 Å². The summed E-state index contributed by atoms with van der Waals surface area (Å²) >= 11 is 0. The molecule has 0 amide bonds. The zero-order valence-corrected chi connectivity index (χ0v) is 8.87. The molecular formula is C12H17N3. The van der Waals surface area contributed by atoms with Crippen molar-refractivity contribution in [2.75, 3.05) is 29.0 Å². The maximum Gasteiger partial charge on any atom is 0.0625 e. The van der Waals surface area contributed by atoms with E-state index in [0.717, 1.165) is 12.2 Å². The van der Waals surface area contributed by atoms with Crippen molar-refractivity contribution in [3.8, 4) is 0 Å². The van der Waals surface area contributed by atoms with Crippen LogP contribution in [0.1, 0.15) is 19.3 Å². The number of benzene rings is 1. The Balaban J connectivity index is 2.01. The third-order valence-electron chi connectivity index (χ3n) is 3.49. The van der Waals surface area contributed by atoms with Crippen molar-refractivity contribution in [1.82, 2.24) is 0 Å². The first kappa shape index (κ1) is 8.89. The summed E-state index contributed by atoms with van der Waals surface area (Å²) in [5.41, 5.74) is 9.25. The second-order valence-corrected chi connectivity index (χ2v) is 4.50. The van der Waals surface area contributed by atoms with E-state index in [1.54, 1.807) is 0 Å². The molecule has 1 aromatic rings. The Hall–Kier alpha value is -1.38. The fraction of sp³-hybridized carbons (Fsp3) is 0.500. The van der Waals surface area contributed by atoms with E-state index in [9.17, 15) is 0 Å². The van der Waals surface area contributed by atoms with Gasteiger partial charge in [-0.2, -0.15) is 0 Å². The van der Waals surface area contributed by atoms with Gasteiger partial charge in [0.05, 0.1) is 11.4 Å². The molecular weight excluding hydrogens is 186 g/mol. The quantitative estimate of drug-likeness (QED) is 0.634. The van der Waals surface area contributed by atoms with Crippen LogP contribution in [0.2, 0.25) is 0 Å². The van der Waals surface area contributed by atoms with Gasteiger partial charge in [0, 0.05) is 24.8 Å². The number of piperidine rings is 1. The largest absolute Gasteiger partial charge is 0.399 e. The van der Waals surface area contributed by atoms with Crippen LogP contribution in [-0.4, -0.2) is 19.1 Å². The van der Waals surface area contributed by atoms with Gasteiger partial charge in [0.25, 0.3) is 0 Å². The van der Waals surface area contributed by atoms with E-state index in [2.05, 4.69) is 22.3 Å². The zero-order chi connectivity index (χ0) is 10.3. The normalized spacial score (nSPS) is 24.0.